The zero-order chi connectivity index (χ0) is 24.6. The largest absolute Gasteiger partial charge is 0.504 e. The molecule has 4 aliphatic rings. The van der Waals surface area contributed by atoms with E-state index in [4.69, 9.17) is 0 Å². The Kier molecular flexibility index (Phi) is 5.23. The molecule has 1 aromatic rings. The zero-order valence-corrected chi connectivity index (χ0v) is 20.1. The first kappa shape index (κ1) is 23.1. The maximum absolute atomic E-state index is 12.8. The molecular formula is C28H34O6. The second-order valence-electron chi connectivity index (χ2n) is 11.6. The highest BCUT2D eigenvalue weighted by molar-refractivity contribution is 5.94. The molecule has 7 atom stereocenters. The van der Waals surface area contributed by atoms with Crippen LogP contribution in [0, 0.1) is 34.5 Å². The van der Waals surface area contributed by atoms with E-state index >= 15 is 0 Å². The van der Waals surface area contributed by atoms with Gasteiger partial charge in [0.05, 0.1) is 0 Å². The summed E-state index contributed by atoms with van der Waals surface area (Å²) in [6.07, 6.45) is 7.79. The first-order chi connectivity index (χ1) is 16.0. The number of carboxylic acids is 1. The Morgan fingerprint density at radius 1 is 1.00 bits per heavy atom. The third-order valence-corrected chi connectivity index (χ3v) is 10.4. The number of carbonyl (C=O) groups is 3. The lowest BCUT2D eigenvalue weighted by Crippen LogP contribution is -2.53. The smallest absolute Gasteiger partial charge is 0.339 e. The number of allylic oxidation sites excluding steroid dienone is 1. The first-order valence-electron chi connectivity index (χ1n) is 12.5. The van der Waals surface area contributed by atoms with E-state index in [-0.39, 0.29) is 40.4 Å². The molecule has 0 amide bonds. The molecule has 0 bridgehead atoms. The summed E-state index contributed by atoms with van der Waals surface area (Å²) in [7, 11) is 0. The van der Waals surface area contributed by atoms with Crippen molar-refractivity contribution >= 4 is 17.5 Å². The van der Waals surface area contributed by atoms with Gasteiger partial charge in [-0.2, -0.15) is 0 Å². The Labute approximate surface area is 200 Å². The minimum atomic E-state index is -1.31. The van der Waals surface area contributed by atoms with Gasteiger partial charge in [-0.3, -0.25) is 9.59 Å². The van der Waals surface area contributed by atoms with Crippen molar-refractivity contribution in [3.05, 3.63) is 34.9 Å². The lowest BCUT2D eigenvalue weighted by atomic mass is 9.44. The van der Waals surface area contributed by atoms with Crippen LogP contribution >= 0.6 is 0 Å². The molecule has 5 rings (SSSR count). The number of phenols is 2. The third-order valence-electron chi connectivity index (χ3n) is 10.4. The summed E-state index contributed by atoms with van der Waals surface area (Å²) in [5.74, 6) is -1.08. The fourth-order valence-electron chi connectivity index (χ4n) is 8.79. The van der Waals surface area contributed by atoms with Gasteiger partial charge < -0.3 is 15.3 Å². The molecule has 1 unspecified atom stereocenters. The van der Waals surface area contributed by atoms with Gasteiger partial charge in [-0.1, -0.05) is 25.5 Å². The first-order valence-corrected chi connectivity index (χ1v) is 12.5. The van der Waals surface area contributed by atoms with Crippen molar-refractivity contribution in [2.45, 2.75) is 71.6 Å². The average Bonchev–Trinajstić information content (AvgIpc) is 3.13. The van der Waals surface area contributed by atoms with E-state index in [0.29, 0.717) is 29.1 Å². The van der Waals surface area contributed by atoms with E-state index in [2.05, 4.69) is 13.8 Å². The van der Waals surface area contributed by atoms with Gasteiger partial charge in [-0.25, -0.2) is 4.79 Å². The highest BCUT2D eigenvalue weighted by Crippen LogP contribution is 2.69. The maximum Gasteiger partial charge on any atom is 0.339 e. The molecule has 3 fully saturated rings. The summed E-state index contributed by atoms with van der Waals surface area (Å²) in [4.78, 5) is 36.7. The monoisotopic (exact) mass is 466 g/mol. The molecule has 0 aromatic heterocycles. The molecule has 6 heteroatoms. The number of hydrogen-bond acceptors (Lipinski definition) is 5. The Morgan fingerprint density at radius 2 is 1.74 bits per heavy atom. The Morgan fingerprint density at radius 3 is 2.41 bits per heavy atom. The molecule has 0 aliphatic heterocycles. The van der Waals surface area contributed by atoms with Crippen molar-refractivity contribution in [3.8, 4) is 11.5 Å². The van der Waals surface area contributed by atoms with Gasteiger partial charge in [0.15, 0.2) is 17.3 Å². The number of fused-ring (bicyclic) bond motifs is 5. The molecule has 34 heavy (non-hydrogen) atoms. The number of ketones is 2. The maximum atomic E-state index is 12.8. The van der Waals surface area contributed by atoms with E-state index in [0.717, 1.165) is 44.1 Å². The number of aromatic carboxylic acids is 1. The number of carbonyl (C=O) groups excluding carboxylic acids is 2. The summed E-state index contributed by atoms with van der Waals surface area (Å²) in [5, 5.41) is 30.6. The minimum Gasteiger partial charge on any atom is -0.504 e. The van der Waals surface area contributed by atoms with Crippen LogP contribution in [-0.2, 0) is 9.59 Å². The van der Waals surface area contributed by atoms with E-state index in [1.165, 1.54) is 6.07 Å². The van der Waals surface area contributed by atoms with Crippen molar-refractivity contribution in [2.24, 2.45) is 34.5 Å². The SMILES string of the molecule is CC(=O)[C@H]1CC[C@H]2[C@@H]3CCC4=CC(=O)CC(c5ccc(C(=O)O)c(O)c5O)[C@@]4(C)[C@H]3CC[C@]12C. The minimum absolute atomic E-state index is 0.00952. The highest BCUT2D eigenvalue weighted by atomic mass is 16.4. The van der Waals surface area contributed by atoms with Crippen molar-refractivity contribution in [3.63, 3.8) is 0 Å². The zero-order valence-electron chi connectivity index (χ0n) is 20.1. The topological polar surface area (TPSA) is 112 Å². The van der Waals surface area contributed by atoms with Gasteiger partial charge in [0, 0.05) is 23.8 Å². The predicted octanol–water partition coefficient (Wildman–Crippen LogP) is 5.23. The summed E-state index contributed by atoms with van der Waals surface area (Å²) < 4.78 is 0. The summed E-state index contributed by atoms with van der Waals surface area (Å²) in [5.41, 5.74) is 0.863. The van der Waals surface area contributed by atoms with E-state index in [9.17, 15) is 29.7 Å². The molecule has 6 nitrogen and oxygen atoms in total. The molecule has 1 aromatic carbocycles. The Balaban J connectivity index is 1.59. The Bertz CT molecular complexity index is 1120. The molecular weight excluding hydrogens is 432 g/mol. The second-order valence-corrected chi connectivity index (χ2v) is 11.6. The average molecular weight is 467 g/mol. The summed E-state index contributed by atoms with van der Waals surface area (Å²) >= 11 is 0. The molecule has 0 heterocycles. The Hall–Kier alpha value is -2.63. The number of Topliss-reactive ketones (excluding diaryl/α,β-unsaturated/α-hetero) is 1. The highest BCUT2D eigenvalue weighted by Gasteiger charge is 2.61. The second kappa shape index (κ2) is 7.69. The van der Waals surface area contributed by atoms with Gasteiger partial charge in [0.25, 0.3) is 0 Å². The van der Waals surface area contributed by atoms with Crippen molar-refractivity contribution in [2.75, 3.05) is 0 Å². The predicted molar refractivity (Wildman–Crippen MR) is 126 cm³/mol. The molecule has 3 saturated carbocycles. The number of benzene rings is 1. The van der Waals surface area contributed by atoms with Crippen molar-refractivity contribution in [1.29, 1.82) is 0 Å². The number of rotatable bonds is 3. The van der Waals surface area contributed by atoms with Crippen LogP contribution in [-0.4, -0.2) is 32.9 Å². The number of hydrogen-bond donors (Lipinski definition) is 3. The summed E-state index contributed by atoms with van der Waals surface area (Å²) in [6, 6.07) is 2.90. The van der Waals surface area contributed by atoms with Crippen LogP contribution in [0.2, 0.25) is 0 Å². The third kappa shape index (κ3) is 3.03. The number of phenolic OH excluding ortho intramolecular Hbond substituents is 1. The lowest BCUT2D eigenvalue weighted by molar-refractivity contribution is -0.129. The molecule has 0 radical (unpaired) electrons. The molecule has 0 saturated heterocycles. The standard InChI is InChI=1S/C28H34O6/c1-14(29)20-8-9-21-17-5-4-15-12-16(30)13-23(28(15,3)22(17)10-11-27(20,21)2)18-6-7-19(26(33)34)25(32)24(18)31/h6-7,12,17,20-23,31-32H,4-5,8-11,13H2,1-3H3,(H,33,34)/t17-,20+,21-,22-,23?,27+,28+/m0/s1. The lowest BCUT2D eigenvalue weighted by Gasteiger charge is -2.60. The molecule has 182 valence electrons. The number of carboxylic acid groups (broad SMARTS) is 1. The quantitative estimate of drug-likeness (QED) is 0.526. The number of aromatic hydroxyl groups is 2. The van der Waals surface area contributed by atoms with E-state index < -0.39 is 17.5 Å². The van der Waals surface area contributed by atoms with Gasteiger partial charge in [0.1, 0.15) is 11.3 Å². The van der Waals surface area contributed by atoms with Crippen LogP contribution < -0.4 is 0 Å². The normalized spacial score (nSPS) is 39.0. The van der Waals surface area contributed by atoms with Crippen LogP contribution in [0.4, 0.5) is 0 Å². The van der Waals surface area contributed by atoms with Crippen LogP contribution in [0.3, 0.4) is 0 Å². The van der Waals surface area contributed by atoms with Crippen LogP contribution in [0.5, 0.6) is 11.5 Å². The van der Waals surface area contributed by atoms with Gasteiger partial charge in [0.2, 0.25) is 0 Å². The van der Waals surface area contributed by atoms with Gasteiger partial charge >= 0.3 is 5.97 Å². The van der Waals surface area contributed by atoms with Crippen LogP contribution in [0.25, 0.3) is 0 Å². The fraction of sp³-hybridized carbons (Fsp3) is 0.607. The van der Waals surface area contributed by atoms with E-state index in [1.807, 2.05) is 0 Å². The van der Waals surface area contributed by atoms with Gasteiger partial charge in [-0.05, 0) is 86.2 Å². The molecule has 0 spiro atoms. The summed E-state index contributed by atoms with van der Waals surface area (Å²) in [6.45, 7) is 6.23. The van der Waals surface area contributed by atoms with E-state index in [1.54, 1.807) is 19.1 Å². The van der Waals surface area contributed by atoms with Crippen molar-refractivity contribution < 1.29 is 29.7 Å². The van der Waals surface area contributed by atoms with Crippen molar-refractivity contribution in [1.82, 2.24) is 0 Å². The van der Waals surface area contributed by atoms with Gasteiger partial charge in [-0.15, -0.1) is 0 Å². The van der Waals surface area contributed by atoms with Crippen LogP contribution in [0.15, 0.2) is 23.8 Å². The molecule has 4 aliphatic carbocycles. The molecule has 3 N–H and O–H groups in total. The van der Waals surface area contributed by atoms with Crippen LogP contribution in [0.1, 0.15) is 87.6 Å². The fourth-order valence-corrected chi connectivity index (χ4v) is 8.79.